The Morgan fingerprint density at radius 2 is 2.28 bits per heavy atom. The van der Waals surface area contributed by atoms with Crippen molar-refractivity contribution in [2.45, 2.75) is 6.10 Å². The summed E-state index contributed by atoms with van der Waals surface area (Å²) in [4.78, 5) is 13.5. The Kier molecular flexibility index (Phi) is 4.15. The van der Waals surface area contributed by atoms with Crippen molar-refractivity contribution in [3.8, 4) is 11.8 Å². The molecular formula is C13H14N2O3. The number of amides is 1. The van der Waals surface area contributed by atoms with Gasteiger partial charge in [0.15, 0.2) is 12.7 Å². The van der Waals surface area contributed by atoms with E-state index in [1.165, 1.54) is 0 Å². The van der Waals surface area contributed by atoms with Crippen LogP contribution >= 0.6 is 0 Å². The third kappa shape index (κ3) is 3.22. The van der Waals surface area contributed by atoms with Gasteiger partial charge in [-0.15, -0.1) is 0 Å². The summed E-state index contributed by atoms with van der Waals surface area (Å²) >= 11 is 0. The largest absolute Gasteiger partial charge is 0.484 e. The van der Waals surface area contributed by atoms with E-state index in [1.54, 1.807) is 17.0 Å². The van der Waals surface area contributed by atoms with Crippen LogP contribution in [0.1, 0.15) is 0 Å². The summed E-state index contributed by atoms with van der Waals surface area (Å²) in [7, 11) is 0. The number of morpholine rings is 1. The number of nitrogens with zero attached hydrogens (tertiary/aromatic N) is 2. The van der Waals surface area contributed by atoms with Gasteiger partial charge >= 0.3 is 0 Å². The summed E-state index contributed by atoms with van der Waals surface area (Å²) in [5.74, 6) is 0.540. The average Bonchev–Trinajstić information content (AvgIpc) is 2.46. The van der Waals surface area contributed by atoms with Gasteiger partial charge in [-0.2, -0.15) is 5.26 Å². The monoisotopic (exact) mass is 246 g/mol. The molecule has 2 rings (SSSR count). The van der Waals surface area contributed by atoms with Crippen LogP contribution in [0, 0.1) is 11.3 Å². The first kappa shape index (κ1) is 12.4. The normalized spacial score (nSPS) is 19.1. The molecule has 1 aromatic rings. The first-order valence-corrected chi connectivity index (χ1v) is 5.76. The van der Waals surface area contributed by atoms with E-state index in [0.717, 1.165) is 0 Å². The van der Waals surface area contributed by atoms with E-state index in [2.05, 4.69) is 0 Å². The maximum atomic E-state index is 11.9. The molecular weight excluding hydrogens is 232 g/mol. The molecule has 0 bridgehead atoms. The van der Waals surface area contributed by atoms with E-state index in [9.17, 15) is 4.79 Å². The molecule has 94 valence electrons. The molecule has 1 unspecified atom stereocenters. The van der Waals surface area contributed by atoms with Gasteiger partial charge in [0, 0.05) is 6.54 Å². The second-order valence-electron chi connectivity index (χ2n) is 3.93. The Morgan fingerprint density at radius 3 is 3.00 bits per heavy atom. The highest BCUT2D eigenvalue weighted by atomic mass is 16.5. The number of benzene rings is 1. The molecule has 1 amide bonds. The number of ether oxygens (including phenoxy) is 2. The number of nitriles is 1. The van der Waals surface area contributed by atoms with E-state index < -0.39 is 6.10 Å². The minimum atomic E-state index is -0.528. The first-order valence-electron chi connectivity index (χ1n) is 5.76. The molecule has 1 aliphatic rings. The quantitative estimate of drug-likeness (QED) is 0.792. The third-order valence-electron chi connectivity index (χ3n) is 2.67. The molecule has 0 radical (unpaired) electrons. The lowest BCUT2D eigenvalue weighted by atomic mass is 10.3. The lowest BCUT2D eigenvalue weighted by Gasteiger charge is -2.29. The zero-order chi connectivity index (χ0) is 12.8. The maximum absolute atomic E-state index is 11.9. The Balaban J connectivity index is 1.83. The molecule has 1 heterocycles. The zero-order valence-corrected chi connectivity index (χ0v) is 9.91. The lowest BCUT2D eigenvalue weighted by molar-refractivity contribution is -0.139. The Morgan fingerprint density at radius 1 is 1.50 bits per heavy atom. The van der Waals surface area contributed by atoms with Gasteiger partial charge in [-0.3, -0.25) is 4.79 Å². The topological polar surface area (TPSA) is 62.6 Å². The van der Waals surface area contributed by atoms with Crippen LogP contribution < -0.4 is 4.74 Å². The summed E-state index contributed by atoms with van der Waals surface area (Å²) in [5.41, 5.74) is 0. The van der Waals surface area contributed by atoms with Crippen LogP contribution in [0.2, 0.25) is 0 Å². The van der Waals surface area contributed by atoms with Gasteiger partial charge in [0.2, 0.25) is 0 Å². The van der Waals surface area contributed by atoms with Gasteiger partial charge in [-0.25, -0.2) is 0 Å². The molecule has 0 N–H and O–H groups in total. The first-order chi connectivity index (χ1) is 8.79. The number of hydrogen-bond acceptors (Lipinski definition) is 4. The van der Waals surface area contributed by atoms with Crippen molar-refractivity contribution in [1.82, 2.24) is 4.90 Å². The number of rotatable bonds is 3. The highest BCUT2D eigenvalue weighted by Gasteiger charge is 2.23. The number of carbonyl (C=O) groups excluding carboxylic acids is 1. The second kappa shape index (κ2) is 6.03. The van der Waals surface area contributed by atoms with Gasteiger partial charge in [-0.05, 0) is 12.1 Å². The maximum Gasteiger partial charge on any atom is 0.260 e. The molecule has 0 saturated carbocycles. The number of para-hydroxylation sites is 1. The molecule has 18 heavy (non-hydrogen) atoms. The van der Waals surface area contributed by atoms with Crippen molar-refractivity contribution in [1.29, 1.82) is 5.26 Å². The standard InChI is InChI=1S/C13H14N2O3/c14-8-12-9-15(6-7-17-12)13(16)10-18-11-4-2-1-3-5-11/h1-5,12H,6-7,9-10H2. The van der Waals surface area contributed by atoms with Gasteiger partial charge in [0.05, 0.1) is 19.2 Å². The molecule has 5 nitrogen and oxygen atoms in total. The number of carbonyl (C=O) groups is 1. The SMILES string of the molecule is N#CC1CN(C(=O)COc2ccccc2)CCO1. The number of hydrogen-bond donors (Lipinski definition) is 0. The van der Waals surface area contributed by atoms with Crippen LogP contribution in [0.4, 0.5) is 0 Å². The van der Waals surface area contributed by atoms with Crippen LogP contribution in [0.3, 0.4) is 0 Å². The van der Waals surface area contributed by atoms with Crippen LogP contribution in [-0.2, 0) is 9.53 Å². The summed E-state index contributed by atoms with van der Waals surface area (Å²) in [6, 6.07) is 11.2. The highest BCUT2D eigenvalue weighted by Crippen LogP contribution is 2.09. The summed E-state index contributed by atoms with van der Waals surface area (Å²) in [6.45, 7) is 1.21. The predicted molar refractivity (Wildman–Crippen MR) is 63.9 cm³/mol. The molecule has 1 fully saturated rings. The Hall–Kier alpha value is -2.06. The van der Waals surface area contributed by atoms with E-state index >= 15 is 0 Å². The minimum Gasteiger partial charge on any atom is -0.484 e. The fourth-order valence-electron chi connectivity index (χ4n) is 1.71. The smallest absolute Gasteiger partial charge is 0.260 e. The molecule has 1 aromatic carbocycles. The zero-order valence-electron chi connectivity index (χ0n) is 9.91. The predicted octanol–water partition coefficient (Wildman–Crippen LogP) is 0.816. The molecule has 0 aliphatic carbocycles. The van der Waals surface area contributed by atoms with Crippen LogP contribution in [0.25, 0.3) is 0 Å². The summed E-state index contributed by atoms with van der Waals surface area (Å²) in [6.07, 6.45) is -0.528. The Labute approximate surface area is 106 Å². The van der Waals surface area contributed by atoms with Crippen molar-refractivity contribution in [3.05, 3.63) is 30.3 Å². The van der Waals surface area contributed by atoms with Gasteiger partial charge in [0.25, 0.3) is 5.91 Å². The fraction of sp³-hybridized carbons (Fsp3) is 0.385. The van der Waals surface area contributed by atoms with E-state index in [1.807, 2.05) is 24.3 Å². The van der Waals surface area contributed by atoms with Gasteiger partial charge in [0.1, 0.15) is 5.75 Å². The summed E-state index contributed by atoms with van der Waals surface area (Å²) in [5, 5.41) is 8.75. The molecule has 5 heteroatoms. The molecule has 1 aliphatic heterocycles. The second-order valence-corrected chi connectivity index (χ2v) is 3.93. The van der Waals surface area contributed by atoms with Gasteiger partial charge in [-0.1, -0.05) is 18.2 Å². The van der Waals surface area contributed by atoms with Crippen LogP contribution in [0.5, 0.6) is 5.75 Å². The molecule has 1 saturated heterocycles. The highest BCUT2D eigenvalue weighted by molar-refractivity contribution is 5.78. The fourth-order valence-corrected chi connectivity index (χ4v) is 1.71. The van der Waals surface area contributed by atoms with Crippen molar-refractivity contribution in [2.24, 2.45) is 0 Å². The van der Waals surface area contributed by atoms with Crippen LogP contribution in [-0.4, -0.2) is 43.2 Å². The van der Waals surface area contributed by atoms with E-state index in [4.69, 9.17) is 14.7 Å². The Bertz CT molecular complexity index is 441. The molecule has 0 aromatic heterocycles. The molecule has 0 spiro atoms. The van der Waals surface area contributed by atoms with Crippen molar-refractivity contribution >= 4 is 5.91 Å². The van der Waals surface area contributed by atoms with Crippen LogP contribution in [0.15, 0.2) is 30.3 Å². The van der Waals surface area contributed by atoms with E-state index in [-0.39, 0.29) is 12.5 Å². The van der Waals surface area contributed by atoms with Gasteiger partial charge < -0.3 is 14.4 Å². The van der Waals surface area contributed by atoms with E-state index in [0.29, 0.717) is 25.4 Å². The van der Waals surface area contributed by atoms with Crippen molar-refractivity contribution in [3.63, 3.8) is 0 Å². The lowest BCUT2D eigenvalue weighted by Crippen LogP contribution is -2.46. The van der Waals surface area contributed by atoms with Crippen molar-refractivity contribution in [2.75, 3.05) is 26.3 Å². The minimum absolute atomic E-state index is 0.0117. The molecule has 1 atom stereocenters. The summed E-state index contributed by atoms with van der Waals surface area (Å²) < 4.78 is 10.5. The van der Waals surface area contributed by atoms with Crippen molar-refractivity contribution < 1.29 is 14.3 Å². The third-order valence-corrected chi connectivity index (χ3v) is 2.67. The average molecular weight is 246 g/mol.